The van der Waals surface area contributed by atoms with Gasteiger partial charge in [0.15, 0.2) is 11.5 Å². The number of ether oxygens (including phenoxy) is 3. The van der Waals surface area contributed by atoms with Crippen molar-refractivity contribution in [1.82, 2.24) is 0 Å². The smallest absolute Gasteiger partial charge is 0.340 e. The molecule has 0 radical (unpaired) electrons. The molecule has 3 rings (SSSR count). The van der Waals surface area contributed by atoms with Crippen LogP contribution in [0, 0.1) is 6.92 Å². The molecule has 2 N–H and O–H groups in total. The van der Waals surface area contributed by atoms with Gasteiger partial charge in [0.05, 0.1) is 48.1 Å². The summed E-state index contributed by atoms with van der Waals surface area (Å²) in [4.78, 5) is 25.4. The van der Waals surface area contributed by atoms with Crippen LogP contribution in [-0.4, -0.2) is 41.6 Å². The Kier molecular flexibility index (Phi) is 7.88. The van der Waals surface area contributed by atoms with Crippen LogP contribution in [0.3, 0.4) is 0 Å². The van der Waals surface area contributed by atoms with Gasteiger partial charge in [-0.1, -0.05) is 29.3 Å². The minimum atomic E-state index is -3.90. The molecule has 9 nitrogen and oxygen atoms in total. The topological polar surface area (TPSA) is 120 Å². The third kappa shape index (κ3) is 5.84. The van der Waals surface area contributed by atoms with Crippen LogP contribution in [0.2, 0.25) is 5.02 Å². The molecule has 0 fully saturated rings. The molecule has 0 saturated heterocycles. The van der Waals surface area contributed by atoms with E-state index in [0.29, 0.717) is 0 Å². The maximum atomic E-state index is 13.1. The lowest BCUT2D eigenvalue weighted by molar-refractivity contribution is 0.0601. The lowest BCUT2D eigenvalue weighted by Crippen LogP contribution is -2.17. The summed E-state index contributed by atoms with van der Waals surface area (Å²) >= 11 is 6.22. The van der Waals surface area contributed by atoms with E-state index >= 15 is 0 Å². The first-order valence-electron chi connectivity index (χ1n) is 10.1. The molecule has 0 aliphatic rings. The Hall–Kier alpha value is -3.76. The second kappa shape index (κ2) is 10.7. The molecule has 35 heavy (non-hydrogen) atoms. The average molecular weight is 519 g/mol. The highest BCUT2D eigenvalue weighted by Gasteiger charge is 2.22. The Labute approximate surface area is 208 Å². The van der Waals surface area contributed by atoms with Gasteiger partial charge in [-0.2, -0.15) is 0 Å². The molecule has 0 aliphatic carbocycles. The van der Waals surface area contributed by atoms with E-state index in [0.717, 1.165) is 5.56 Å². The molecule has 1 amide bonds. The number of sulfonamides is 1. The van der Waals surface area contributed by atoms with E-state index < -0.39 is 21.9 Å². The Morgan fingerprint density at radius 2 is 1.49 bits per heavy atom. The highest BCUT2D eigenvalue weighted by atomic mass is 35.5. The van der Waals surface area contributed by atoms with Crippen molar-refractivity contribution in [1.29, 1.82) is 0 Å². The minimum Gasteiger partial charge on any atom is -0.493 e. The molecule has 0 aliphatic heterocycles. The standard InChI is InChI=1S/C24H23ClN2O7S/c1-14-5-8-16(9-6-14)35(30,31)27-15-7-10-19(25)17(11-15)23(28)26-20-13-22(33-3)21(32-2)12-18(20)24(29)34-4/h5-13,27H,1-4H3,(H,26,28). The number of esters is 1. The zero-order chi connectivity index (χ0) is 25.8. The number of benzene rings is 3. The Balaban J connectivity index is 1.94. The van der Waals surface area contributed by atoms with Gasteiger partial charge in [0.1, 0.15) is 0 Å². The summed E-state index contributed by atoms with van der Waals surface area (Å²) < 4.78 is 43.2. The lowest BCUT2D eigenvalue weighted by Gasteiger charge is -2.15. The van der Waals surface area contributed by atoms with Gasteiger partial charge in [-0.15, -0.1) is 0 Å². The van der Waals surface area contributed by atoms with Gasteiger partial charge in [0, 0.05) is 17.8 Å². The third-order valence-corrected chi connectivity index (χ3v) is 6.70. The average Bonchev–Trinajstić information content (AvgIpc) is 2.84. The summed E-state index contributed by atoms with van der Waals surface area (Å²) in [5, 5.41) is 2.67. The van der Waals surface area contributed by atoms with Gasteiger partial charge in [-0.05, 0) is 37.3 Å². The van der Waals surface area contributed by atoms with Gasteiger partial charge in [-0.25, -0.2) is 13.2 Å². The molecular weight excluding hydrogens is 496 g/mol. The number of hydrogen-bond acceptors (Lipinski definition) is 7. The van der Waals surface area contributed by atoms with Gasteiger partial charge in [-0.3, -0.25) is 9.52 Å². The zero-order valence-corrected chi connectivity index (χ0v) is 20.9. The van der Waals surface area contributed by atoms with Crippen LogP contribution in [0.25, 0.3) is 0 Å². The molecule has 0 spiro atoms. The summed E-state index contributed by atoms with van der Waals surface area (Å²) in [6, 6.07) is 13.2. The van der Waals surface area contributed by atoms with Crippen molar-refractivity contribution in [2.75, 3.05) is 31.4 Å². The number of rotatable bonds is 8. The summed E-state index contributed by atoms with van der Waals surface area (Å²) in [6.45, 7) is 1.85. The quantitative estimate of drug-likeness (QED) is 0.421. The monoisotopic (exact) mass is 518 g/mol. The lowest BCUT2D eigenvalue weighted by atomic mass is 10.1. The molecular formula is C24H23ClN2O7S. The van der Waals surface area contributed by atoms with Crippen molar-refractivity contribution in [3.05, 3.63) is 76.3 Å². The summed E-state index contributed by atoms with van der Waals surface area (Å²) in [5.41, 5.74) is 1.12. The number of anilines is 2. The van der Waals surface area contributed by atoms with Crippen molar-refractivity contribution < 1.29 is 32.2 Å². The van der Waals surface area contributed by atoms with Gasteiger partial charge >= 0.3 is 5.97 Å². The van der Waals surface area contributed by atoms with Crippen molar-refractivity contribution in [3.8, 4) is 11.5 Å². The fourth-order valence-corrected chi connectivity index (χ4v) is 4.40. The molecule has 0 aromatic heterocycles. The fourth-order valence-electron chi connectivity index (χ4n) is 3.15. The minimum absolute atomic E-state index is 0.0193. The molecule has 11 heteroatoms. The molecule has 3 aromatic rings. The van der Waals surface area contributed by atoms with Crippen LogP contribution >= 0.6 is 11.6 Å². The number of aryl methyl sites for hydroxylation is 1. The number of carbonyl (C=O) groups is 2. The van der Waals surface area contributed by atoms with Crippen LogP contribution in [0.1, 0.15) is 26.3 Å². The van der Waals surface area contributed by atoms with E-state index in [4.69, 9.17) is 25.8 Å². The van der Waals surface area contributed by atoms with E-state index in [1.54, 1.807) is 12.1 Å². The third-order valence-electron chi connectivity index (χ3n) is 4.97. The van der Waals surface area contributed by atoms with E-state index in [1.807, 2.05) is 6.92 Å². The van der Waals surface area contributed by atoms with E-state index in [2.05, 4.69) is 10.0 Å². The van der Waals surface area contributed by atoms with Gasteiger partial charge in [0.2, 0.25) is 0 Å². The SMILES string of the molecule is COC(=O)c1cc(OC)c(OC)cc1NC(=O)c1cc(NS(=O)(=O)c2ccc(C)cc2)ccc1Cl. The van der Waals surface area contributed by atoms with Crippen LogP contribution < -0.4 is 19.5 Å². The van der Waals surface area contributed by atoms with Gasteiger partial charge in [0.25, 0.3) is 15.9 Å². The highest BCUT2D eigenvalue weighted by Crippen LogP contribution is 2.34. The first kappa shape index (κ1) is 25.9. The van der Waals surface area contributed by atoms with E-state index in [1.165, 1.54) is 63.8 Å². The molecule has 0 heterocycles. The van der Waals surface area contributed by atoms with Crippen molar-refractivity contribution in [3.63, 3.8) is 0 Å². The predicted octanol–water partition coefficient (Wildman–Crippen LogP) is 4.51. The molecule has 0 bridgehead atoms. The second-order valence-electron chi connectivity index (χ2n) is 7.31. The molecule has 0 atom stereocenters. The summed E-state index contributed by atoms with van der Waals surface area (Å²) in [6.07, 6.45) is 0. The highest BCUT2D eigenvalue weighted by molar-refractivity contribution is 7.92. The van der Waals surface area contributed by atoms with Crippen molar-refractivity contribution in [2.24, 2.45) is 0 Å². The van der Waals surface area contributed by atoms with Gasteiger partial charge < -0.3 is 19.5 Å². The van der Waals surface area contributed by atoms with E-state index in [9.17, 15) is 18.0 Å². The zero-order valence-electron chi connectivity index (χ0n) is 19.3. The van der Waals surface area contributed by atoms with Crippen LogP contribution in [-0.2, 0) is 14.8 Å². The largest absolute Gasteiger partial charge is 0.493 e. The Bertz CT molecular complexity index is 1370. The Morgan fingerprint density at radius 1 is 0.857 bits per heavy atom. The second-order valence-corrected chi connectivity index (χ2v) is 9.40. The van der Waals surface area contributed by atoms with Crippen LogP contribution in [0.5, 0.6) is 11.5 Å². The normalized spacial score (nSPS) is 10.9. The van der Waals surface area contributed by atoms with Crippen molar-refractivity contribution in [2.45, 2.75) is 11.8 Å². The molecule has 0 unspecified atom stereocenters. The maximum absolute atomic E-state index is 13.1. The maximum Gasteiger partial charge on any atom is 0.340 e. The van der Waals surface area contributed by atoms with Crippen molar-refractivity contribution >= 4 is 44.9 Å². The number of halogens is 1. The van der Waals surface area contributed by atoms with E-state index in [-0.39, 0.29) is 43.9 Å². The number of amides is 1. The Morgan fingerprint density at radius 3 is 2.09 bits per heavy atom. The number of methoxy groups -OCH3 is 3. The first-order chi connectivity index (χ1) is 16.6. The fraction of sp³-hybridized carbons (Fsp3) is 0.167. The van der Waals surface area contributed by atoms with Crippen LogP contribution in [0.15, 0.2) is 59.5 Å². The first-order valence-corrected chi connectivity index (χ1v) is 12.0. The summed E-state index contributed by atoms with van der Waals surface area (Å²) in [7, 11) is 0.108. The summed E-state index contributed by atoms with van der Waals surface area (Å²) in [5.74, 6) is -0.881. The predicted molar refractivity (Wildman–Crippen MR) is 132 cm³/mol. The molecule has 184 valence electrons. The number of carbonyl (C=O) groups excluding carboxylic acids is 2. The van der Waals surface area contributed by atoms with Crippen LogP contribution in [0.4, 0.5) is 11.4 Å². The molecule has 0 saturated carbocycles. The number of nitrogens with one attached hydrogen (secondary N) is 2. The molecule has 3 aromatic carbocycles. The number of hydrogen-bond donors (Lipinski definition) is 2.